The molecular formula is C19H21NO. The quantitative estimate of drug-likeness (QED) is 0.668. The summed E-state index contributed by atoms with van der Waals surface area (Å²) in [5.74, 6) is 0.0264. The van der Waals surface area contributed by atoms with Crippen molar-refractivity contribution < 1.29 is 4.79 Å². The first-order chi connectivity index (χ1) is 9.97. The van der Waals surface area contributed by atoms with Gasteiger partial charge >= 0.3 is 0 Å². The van der Waals surface area contributed by atoms with Crippen LogP contribution in [0.5, 0.6) is 0 Å². The van der Waals surface area contributed by atoms with Crippen molar-refractivity contribution in [3.8, 4) is 0 Å². The summed E-state index contributed by atoms with van der Waals surface area (Å²) in [7, 11) is 0. The van der Waals surface area contributed by atoms with Crippen LogP contribution < -0.4 is 5.32 Å². The second-order valence-corrected chi connectivity index (χ2v) is 6.01. The average Bonchev–Trinajstić information content (AvgIpc) is 2.48. The second kappa shape index (κ2) is 6.40. The maximum absolute atomic E-state index is 12.8. The fourth-order valence-electron chi connectivity index (χ4n) is 1.93. The molecule has 0 unspecified atom stereocenters. The van der Waals surface area contributed by atoms with Crippen molar-refractivity contribution in [1.82, 2.24) is 5.32 Å². The molecule has 0 fully saturated rings. The van der Waals surface area contributed by atoms with E-state index in [1.54, 1.807) is 0 Å². The molecule has 2 aromatic carbocycles. The molecule has 0 spiro atoms. The van der Waals surface area contributed by atoms with Crippen LogP contribution in [0.2, 0.25) is 0 Å². The van der Waals surface area contributed by atoms with Crippen LogP contribution in [0.1, 0.15) is 36.7 Å². The van der Waals surface area contributed by atoms with Crippen molar-refractivity contribution in [3.63, 3.8) is 0 Å². The zero-order chi connectivity index (χ0) is 15.3. The molecule has 21 heavy (non-hydrogen) atoms. The van der Waals surface area contributed by atoms with Gasteiger partial charge in [0.15, 0.2) is 5.78 Å². The van der Waals surface area contributed by atoms with Crippen molar-refractivity contribution in [3.05, 3.63) is 78.0 Å². The van der Waals surface area contributed by atoms with Gasteiger partial charge in [-0.2, -0.15) is 0 Å². The van der Waals surface area contributed by atoms with E-state index in [-0.39, 0.29) is 11.3 Å². The Morgan fingerprint density at radius 1 is 0.857 bits per heavy atom. The summed E-state index contributed by atoms with van der Waals surface area (Å²) in [5.41, 5.74) is 2.21. The summed E-state index contributed by atoms with van der Waals surface area (Å²) in [6.07, 6.45) is 1.82. The van der Waals surface area contributed by atoms with Gasteiger partial charge in [-0.3, -0.25) is 4.79 Å². The van der Waals surface area contributed by atoms with E-state index in [9.17, 15) is 4.79 Å². The van der Waals surface area contributed by atoms with Gasteiger partial charge in [0, 0.05) is 22.9 Å². The smallest absolute Gasteiger partial charge is 0.195 e. The highest BCUT2D eigenvalue weighted by Gasteiger charge is 2.15. The fraction of sp³-hybridized carbons (Fsp3) is 0.211. The number of Topliss-reactive ketones (excluding diaryl/α,β-unsaturated/α-hetero) is 1. The van der Waals surface area contributed by atoms with E-state index in [1.165, 1.54) is 0 Å². The lowest BCUT2D eigenvalue weighted by atomic mass is 9.97. The molecule has 0 saturated heterocycles. The van der Waals surface area contributed by atoms with Crippen LogP contribution in [0.4, 0.5) is 0 Å². The van der Waals surface area contributed by atoms with E-state index >= 15 is 0 Å². The van der Waals surface area contributed by atoms with Crippen LogP contribution >= 0.6 is 0 Å². The minimum atomic E-state index is -0.0863. The van der Waals surface area contributed by atoms with Gasteiger partial charge in [-0.05, 0) is 26.3 Å². The Kier molecular flexibility index (Phi) is 4.59. The predicted octanol–water partition coefficient (Wildman–Crippen LogP) is 4.30. The molecule has 0 aliphatic carbocycles. The van der Waals surface area contributed by atoms with Crippen LogP contribution in [-0.2, 0) is 0 Å². The second-order valence-electron chi connectivity index (χ2n) is 6.01. The summed E-state index contributed by atoms with van der Waals surface area (Å²) >= 11 is 0. The van der Waals surface area contributed by atoms with E-state index in [1.807, 2.05) is 66.9 Å². The third kappa shape index (κ3) is 4.32. The largest absolute Gasteiger partial charge is 0.386 e. The number of rotatable bonds is 4. The van der Waals surface area contributed by atoms with E-state index in [2.05, 4.69) is 26.1 Å². The van der Waals surface area contributed by atoms with Gasteiger partial charge in [0.2, 0.25) is 0 Å². The van der Waals surface area contributed by atoms with Gasteiger partial charge in [0.1, 0.15) is 0 Å². The Morgan fingerprint density at radius 2 is 1.33 bits per heavy atom. The summed E-state index contributed by atoms with van der Waals surface area (Å²) in [4.78, 5) is 12.8. The molecule has 1 N–H and O–H groups in total. The van der Waals surface area contributed by atoms with Crippen LogP contribution in [0.3, 0.4) is 0 Å². The van der Waals surface area contributed by atoms with Crippen LogP contribution in [0.25, 0.3) is 5.57 Å². The predicted molar refractivity (Wildman–Crippen MR) is 88.1 cm³/mol. The van der Waals surface area contributed by atoms with Crippen molar-refractivity contribution in [2.45, 2.75) is 26.3 Å². The van der Waals surface area contributed by atoms with E-state index in [4.69, 9.17) is 0 Å². The number of ketones is 1. The van der Waals surface area contributed by atoms with Gasteiger partial charge in [-0.15, -0.1) is 0 Å². The van der Waals surface area contributed by atoms with E-state index in [0.717, 1.165) is 5.56 Å². The van der Waals surface area contributed by atoms with E-state index in [0.29, 0.717) is 11.1 Å². The SMILES string of the molecule is CC(C)(C)NC=C(C(=O)c1ccccc1)c1ccccc1. The maximum atomic E-state index is 12.8. The van der Waals surface area contributed by atoms with Gasteiger partial charge in [0.05, 0.1) is 0 Å². The monoisotopic (exact) mass is 279 g/mol. The number of hydrogen-bond donors (Lipinski definition) is 1. The first-order valence-electron chi connectivity index (χ1n) is 7.10. The molecule has 0 saturated carbocycles. The lowest BCUT2D eigenvalue weighted by molar-refractivity contribution is 0.105. The summed E-state index contributed by atoms with van der Waals surface area (Å²) in [5, 5.41) is 3.29. The normalized spacial score (nSPS) is 12.0. The Balaban J connectivity index is 2.39. The molecule has 0 atom stereocenters. The van der Waals surface area contributed by atoms with Crippen LogP contribution in [0, 0.1) is 0 Å². The molecular weight excluding hydrogens is 258 g/mol. The first-order valence-corrected chi connectivity index (χ1v) is 7.10. The van der Waals surface area contributed by atoms with Gasteiger partial charge in [-0.25, -0.2) is 0 Å². The molecule has 0 aliphatic rings. The van der Waals surface area contributed by atoms with Crippen LogP contribution in [0.15, 0.2) is 66.9 Å². The number of carbonyl (C=O) groups excluding carboxylic acids is 1. The topological polar surface area (TPSA) is 29.1 Å². The first kappa shape index (κ1) is 15.0. The zero-order valence-electron chi connectivity index (χ0n) is 12.8. The van der Waals surface area contributed by atoms with Crippen molar-refractivity contribution in [1.29, 1.82) is 0 Å². The molecule has 0 aliphatic heterocycles. The Bertz CT molecular complexity index is 622. The molecule has 2 rings (SSSR count). The third-order valence-corrected chi connectivity index (χ3v) is 3.01. The van der Waals surface area contributed by atoms with E-state index < -0.39 is 0 Å². The number of allylic oxidation sites excluding steroid dienone is 1. The molecule has 0 bridgehead atoms. The molecule has 2 heteroatoms. The van der Waals surface area contributed by atoms with Gasteiger partial charge < -0.3 is 5.32 Å². The van der Waals surface area contributed by atoms with Crippen molar-refractivity contribution >= 4 is 11.4 Å². The Hall–Kier alpha value is -2.35. The summed E-state index contributed by atoms with van der Waals surface area (Å²) < 4.78 is 0. The lowest BCUT2D eigenvalue weighted by Crippen LogP contribution is -2.31. The molecule has 0 amide bonds. The Morgan fingerprint density at radius 3 is 1.81 bits per heavy atom. The third-order valence-electron chi connectivity index (χ3n) is 3.01. The van der Waals surface area contributed by atoms with Crippen molar-refractivity contribution in [2.75, 3.05) is 0 Å². The molecule has 2 nitrogen and oxygen atoms in total. The highest BCUT2D eigenvalue weighted by molar-refractivity contribution is 6.28. The number of benzene rings is 2. The number of hydrogen-bond acceptors (Lipinski definition) is 2. The molecule has 0 heterocycles. The highest BCUT2D eigenvalue weighted by Crippen LogP contribution is 2.19. The zero-order valence-corrected chi connectivity index (χ0v) is 12.8. The Labute approximate surface area is 126 Å². The molecule has 0 radical (unpaired) electrons. The maximum Gasteiger partial charge on any atom is 0.195 e. The van der Waals surface area contributed by atoms with Crippen molar-refractivity contribution in [2.24, 2.45) is 0 Å². The van der Waals surface area contributed by atoms with Crippen LogP contribution in [-0.4, -0.2) is 11.3 Å². The summed E-state index contributed by atoms with van der Waals surface area (Å²) in [6.45, 7) is 6.21. The average molecular weight is 279 g/mol. The molecule has 2 aromatic rings. The summed E-state index contributed by atoms with van der Waals surface area (Å²) in [6, 6.07) is 19.1. The lowest BCUT2D eigenvalue weighted by Gasteiger charge is -2.20. The molecule has 108 valence electrons. The number of nitrogens with one attached hydrogen (secondary N) is 1. The minimum Gasteiger partial charge on any atom is -0.386 e. The number of carbonyl (C=O) groups is 1. The van der Waals surface area contributed by atoms with Gasteiger partial charge in [-0.1, -0.05) is 60.7 Å². The standard InChI is InChI=1S/C19H21NO/c1-19(2,3)20-14-17(15-10-6-4-7-11-15)18(21)16-12-8-5-9-13-16/h4-14,20H,1-3H3. The van der Waals surface area contributed by atoms with Gasteiger partial charge in [0.25, 0.3) is 0 Å². The highest BCUT2D eigenvalue weighted by atomic mass is 16.1. The fourth-order valence-corrected chi connectivity index (χ4v) is 1.93. The molecule has 0 aromatic heterocycles. The minimum absolute atomic E-state index is 0.0264.